The molecule has 0 amide bonds. The van der Waals surface area contributed by atoms with Crippen LogP contribution in [0.1, 0.15) is 60.3 Å². The van der Waals surface area contributed by atoms with E-state index in [2.05, 4.69) is 20.8 Å². The number of carbonyl (C=O) groups is 2. The number of epoxide rings is 1. The van der Waals surface area contributed by atoms with Gasteiger partial charge in [-0.15, -0.1) is 0 Å². The molecule has 0 bridgehead atoms. The molecule has 1 N–H and O–H groups in total. The van der Waals surface area contributed by atoms with E-state index < -0.39 is 6.10 Å². The van der Waals surface area contributed by atoms with Gasteiger partial charge in [0.05, 0.1) is 6.10 Å². The first-order valence-electron chi connectivity index (χ1n) is 10.5. The Labute approximate surface area is 165 Å². The zero-order valence-corrected chi connectivity index (χ0v) is 17.3. The molecule has 3 saturated carbocycles. The molecule has 0 aromatic rings. The molecule has 1 spiro atoms. The highest BCUT2D eigenvalue weighted by molar-refractivity contribution is 5.92. The molecule has 5 rings (SSSR count). The minimum absolute atomic E-state index is 0.0537. The van der Waals surface area contributed by atoms with Crippen molar-refractivity contribution in [1.82, 2.24) is 0 Å². The standard InChI is InChI=1S/C22H30O6/c1-10-17-12(27-19(10)25)8-14-21(5)13(6-7-22(14)18(17)28-22)20(3,4)16(9-15(21)24)26-11(2)23/h12-16,18,24H,6-9H2,1-5H3. The minimum Gasteiger partial charge on any atom is -0.462 e. The molecule has 2 aliphatic heterocycles. The molecule has 1 saturated heterocycles. The number of rotatable bonds is 1. The smallest absolute Gasteiger partial charge is 0.334 e. The summed E-state index contributed by atoms with van der Waals surface area (Å²) in [4.78, 5) is 23.8. The summed E-state index contributed by atoms with van der Waals surface area (Å²) >= 11 is 0. The highest BCUT2D eigenvalue weighted by atomic mass is 16.6. The van der Waals surface area contributed by atoms with E-state index in [1.807, 2.05) is 6.92 Å². The third kappa shape index (κ3) is 2.06. The van der Waals surface area contributed by atoms with Crippen molar-refractivity contribution in [3.63, 3.8) is 0 Å². The Hall–Kier alpha value is -1.40. The second-order valence-electron chi connectivity index (χ2n) is 10.3. The summed E-state index contributed by atoms with van der Waals surface area (Å²) in [7, 11) is 0. The Morgan fingerprint density at radius 2 is 1.93 bits per heavy atom. The van der Waals surface area contributed by atoms with E-state index in [9.17, 15) is 14.7 Å². The van der Waals surface area contributed by atoms with Crippen LogP contribution in [-0.4, -0.2) is 47.1 Å². The first kappa shape index (κ1) is 18.6. The lowest BCUT2D eigenvalue weighted by Crippen LogP contribution is -2.66. The van der Waals surface area contributed by atoms with Gasteiger partial charge in [-0.1, -0.05) is 20.8 Å². The molecule has 0 aromatic heterocycles. The lowest BCUT2D eigenvalue weighted by Gasteiger charge is -2.63. The number of hydrogen-bond acceptors (Lipinski definition) is 6. The van der Waals surface area contributed by atoms with Crippen LogP contribution in [0.3, 0.4) is 0 Å². The first-order chi connectivity index (χ1) is 13.0. The van der Waals surface area contributed by atoms with Gasteiger partial charge in [0.2, 0.25) is 0 Å². The molecule has 28 heavy (non-hydrogen) atoms. The van der Waals surface area contributed by atoms with E-state index >= 15 is 0 Å². The molecule has 8 unspecified atom stereocenters. The maximum Gasteiger partial charge on any atom is 0.334 e. The monoisotopic (exact) mass is 390 g/mol. The molecular weight excluding hydrogens is 360 g/mol. The normalized spacial score (nSPS) is 50.7. The Kier molecular flexibility index (Phi) is 3.59. The van der Waals surface area contributed by atoms with E-state index in [4.69, 9.17) is 14.2 Å². The average Bonchev–Trinajstić information content (AvgIpc) is 3.24. The maximum absolute atomic E-state index is 12.2. The third-order valence-corrected chi connectivity index (χ3v) is 8.90. The maximum atomic E-state index is 12.2. The molecule has 5 aliphatic rings. The highest BCUT2D eigenvalue weighted by Crippen LogP contribution is 2.72. The fourth-order valence-corrected chi connectivity index (χ4v) is 7.46. The number of aliphatic hydroxyl groups is 1. The molecule has 154 valence electrons. The molecule has 6 nitrogen and oxygen atoms in total. The minimum atomic E-state index is -0.592. The predicted molar refractivity (Wildman–Crippen MR) is 99.1 cm³/mol. The van der Waals surface area contributed by atoms with Gasteiger partial charge in [-0.25, -0.2) is 4.79 Å². The van der Waals surface area contributed by atoms with Crippen LogP contribution < -0.4 is 0 Å². The van der Waals surface area contributed by atoms with E-state index in [-0.39, 0.29) is 58.5 Å². The third-order valence-electron chi connectivity index (χ3n) is 8.90. The topological polar surface area (TPSA) is 85.4 Å². The molecule has 0 radical (unpaired) electrons. The number of esters is 2. The summed E-state index contributed by atoms with van der Waals surface area (Å²) in [5, 5.41) is 11.3. The largest absolute Gasteiger partial charge is 0.462 e. The van der Waals surface area contributed by atoms with Crippen molar-refractivity contribution >= 4 is 11.9 Å². The van der Waals surface area contributed by atoms with Crippen molar-refractivity contribution in [3.8, 4) is 0 Å². The van der Waals surface area contributed by atoms with E-state index in [0.29, 0.717) is 18.4 Å². The van der Waals surface area contributed by atoms with Crippen molar-refractivity contribution in [2.45, 2.75) is 90.3 Å². The van der Waals surface area contributed by atoms with Gasteiger partial charge in [-0.3, -0.25) is 4.79 Å². The summed E-state index contributed by atoms with van der Waals surface area (Å²) < 4.78 is 17.6. The number of aliphatic hydroxyl groups excluding tert-OH is 1. The molecule has 3 aliphatic carbocycles. The molecule has 2 heterocycles. The van der Waals surface area contributed by atoms with Crippen LogP contribution in [0.5, 0.6) is 0 Å². The lowest BCUT2D eigenvalue weighted by atomic mass is 9.42. The molecule has 8 atom stereocenters. The van der Waals surface area contributed by atoms with Crippen molar-refractivity contribution < 1.29 is 28.9 Å². The quantitative estimate of drug-likeness (QED) is 0.547. The van der Waals surface area contributed by atoms with E-state index in [0.717, 1.165) is 18.4 Å². The van der Waals surface area contributed by atoms with Crippen LogP contribution in [0.25, 0.3) is 0 Å². The van der Waals surface area contributed by atoms with Crippen LogP contribution in [-0.2, 0) is 23.8 Å². The van der Waals surface area contributed by atoms with Crippen LogP contribution in [0.4, 0.5) is 0 Å². The van der Waals surface area contributed by atoms with E-state index in [1.54, 1.807) is 0 Å². The summed E-state index contributed by atoms with van der Waals surface area (Å²) in [5.74, 6) is -0.223. The van der Waals surface area contributed by atoms with Crippen LogP contribution in [0.15, 0.2) is 11.1 Å². The Morgan fingerprint density at radius 1 is 1.21 bits per heavy atom. The summed E-state index contributed by atoms with van der Waals surface area (Å²) in [6, 6.07) is 0. The molecular formula is C22H30O6. The van der Waals surface area contributed by atoms with Gasteiger partial charge in [-0.2, -0.15) is 0 Å². The summed E-state index contributed by atoms with van der Waals surface area (Å²) in [6.07, 6.45) is 1.79. The average molecular weight is 390 g/mol. The van der Waals surface area contributed by atoms with Crippen LogP contribution in [0.2, 0.25) is 0 Å². The molecule has 4 fully saturated rings. The number of carbonyl (C=O) groups excluding carboxylic acids is 2. The first-order valence-corrected chi connectivity index (χ1v) is 10.5. The predicted octanol–water partition coefficient (Wildman–Crippen LogP) is 2.52. The Balaban J connectivity index is 1.53. The van der Waals surface area contributed by atoms with Crippen molar-refractivity contribution in [2.75, 3.05) is 0 Å². The highest BCUT2D eigenvalue weighted by Gasteiger charge is 2.77. The van der Waals surface area contributed by atoms with Crippen molar-refractivity contribution in [1.29, 1.82) is 0 Å². The SMILES string of the molecule is CC(=O)OC1CC(O)C2(C)C(CCC34OC3C3=C(C)C(=O)OC3CC42)C1(C)C. The Morgan fingerprint density at radius 3 is 2.61 bits per heavy atom. The zero-order chi connectivity index (χ0) is 20.2. The zero-order valence-electron chi connectivity index (χ0n) is 17.3. The van der Waals surface area contributed by atoms with Gasteiger partial charge in [0.25, 0.3) is 0 Å². The van der Waals surface area contributed by atoms with Crippen LogP contribution in [0, 0.1) is 22.7 Å². The van der Waals surface area contributed by atoms with Gasteiger partial charge in [0.1, 0.15) is 23.9 Å². The van der Waals surface area contributed by atoms with Gasteiger partial charge in [0.15, 0.2) is 0 Å². The van der Waals surface area contributed by atoms with Gasteiger partial charge >= 0.3 is 11.9 Å². The second-order valence-corrected chi connectivity index (χ2v) is 10.3. The van der Waals surface area contributed by atoms with E-state index in [1.165, 1.54) is 6.92 Å². The van der Waals surface area contributed by atoms with Gasteiger partial charge in [0, 0.05) is 41.2 Å². The molecule has 0 aromatic carbocycles. The fourth-order valence-electron chi connectivity index (χ4n) is 7.46. The van der Waals surface area contributed by atoms with Crippen molar-refractivity contribution in [2.24, 2.45) is 22.7 Å². The van der Waals surface area contributed by atoms with Gasteiger partial charge < -0.3 is 19.3 Å². The van der Waals surface area contributed by atoms with Gasteiger partial charge in [-0.05, 0) is 32.1 Å². The fraction of sp³-hybridized carbons (Fsp3) is 0.818. The van der Waals surface area contributed by atoms with Crippen LogP contribution >= 0.6 is 0 Å². The second kappa shape index (κ2) is 5.39. The summed E-state index contributed by atoms with van der Waals surface area (Å²) in [5.41, 5.74) is 0.839. The molecule has 6 heteroatoms. The number of fused-ring (bicyclic) bond motifs is 4. The van der Waals surface area contributed by atoms with Crippen molar-refractivity contribution in [3.05, 3.63) is 11.1 Å². The lowest BCUT2D eigenvalue weighted by molar-refractivity contribution is -0.224. The number of ether oxygens (including phenoxy) is 3. The summed E-state index contributed by atoms with van der Waals surface area (Å²) in [6.45, 7) is 9.76. The number of hydrogen-bond donors (Lipinski definition) is 1. The Bertz CT molecular complexity index is 799.